The molecule has 0 bridgehead atoms. The van der Waals surface area contributed by atoms with Gasteiger partial charge in [0.15, 0.2) is 0 Å². The molecule has 7 nitrogen and oxygen atoms in total. The molecule has 3 rings (SSSR count). The van der Waals surface area contributed by atoms with Crippen LogP contribution in [-0.2, 0) is 11.3 Å². The zero-order chi connectivity index (χ0) is 23.1. The molecule has 172 valence electrons. The van der Waals surface area contributed by atoms with Crippen LogP contribution in [0, 0.1) is 5.92 Å². The number of anilines is 1. The van der Waals surface area contributed by atoms with Crippen molar-refractivity contribution in [1.82, 2.24) is 10.6 Å². The summed E-state index contributed by atoms with van der Waals surface area (Å²) in [6.45, 7) is 6.32. The Kier molecular flexibility index (Phi) is 7.98. The van der Waals surface area contributed by atoms with Gasteiger partial charge in [0.1, 0.15) is 17.5 Å². The molecule has 2 aromatic carbocycles. The average Bonchev–Trinajstić information content (AvgIpc) is 3.35. The SMILES string of the molecule is COc1cc(OC)cc(C(=O)NC(C(=O)NCc2ccccc2N2CCCC2)C(C)C)c1. The van der Waals surface area contributed by atoms with Crippen LogP contribution in [0.5, 0.6) is 11.5 Å². The predicted molar refractivity (Wildman–Crippen MR) is 125 cm³/mol. The molecule has 0 radical (unpaired) electrons. The summed E-state index contributed by atoms with van der Waals surface area (Å²) in [5, 5.41) is 5.89. The van der Waals surface area contributed by atoms with Gasteiger partial charge in [-0.1, -0.05) is 32.0 Å². The van der Waals surface area contributed by atoms with Crippen molar-refractivity contribution in [2.75, 3.05) is 32.2 Å². The smallest absolute Gasteiger partial charge is 0.252 e. The molecule has 7 heteroatoms. The van der Waals surface area contributed by atoms with Gasteiger partial charge in [-0.15, -0.1) is 0 Å². The van der Waals surface area contributed by atoms with Crippen LogP contribution in [0.15, 0.2) is 42.5 Å². The fraction of sp³-hybridized carbons (Fsp3) is 0.440. The van der Waals surface area contributed by atoms with E-state index in [-0.39, 0.29) is 17.7 Å². The van der Waals surface area contributed by atoms with Gasteiger partial charge in [0.25, 0.3) is 5.91 Å². The van der Waals surface area contributed by atoms with E-state index in [1.807, 2.05) is 32.0 Å². The van der Waals surface area contributed by atoms with Gasteiger partial charge in [0, 0.05) is 37.0 Å². The van der Waals surface area contributed by atoms with Crippen LogP contribution in [0.25, 0.3) is 0 Å². The zero-order valence-electron chi connectivity index (χ0n) is 19.3. The van der Waals surface area contributed by atoms with Crippen molar-refractivity contribution >= 4 is 17.5 Å². The van der Waals surface area contributed by atoms with Crippen molar-refractivity contribution < 1.29 is 19.1 Å². The summed E-state index contributed by atoms with van der Waals surface area (Å²) < 4.78 is 10.5. The lowest BCUT2D eigenvalue weighted by atomic mass is 10.0. The molecule has 1 aliphatic heterocycles. The van der Waals surface area contributed by atoms with E-state index in [9.17, 15) is 9.59 Å². The molecule has 1 heterocycles. The molecular formula is C25H33N3O4. The molecule has 0 aliphatic carbocycles. The number of ether oxygens (including phenoxy) is 2. The molecule has 1 atom stereocenters. The highest BCUT2D eigenvalue weighted by molar-refractivity contribution is 5.98. The lowest BCUT2D eigenvalue weighted by molar-refractivity contribution is -0.124. The number of nitrogens with one attached hydrogen (secondary N) is 2. The molecule has 0 spiro atoms. The van der Waals surface area contributed by atoms with Gasteiger partial charge in [-0.2, -0.15) is 0 Å². The highest BCUT2D eigenvalue weighted by Crippen LogP contribution is 2.25. The Morgan fingerprint density at radius 2 is 1.62 bits per heavy atom. The van der Waals surface area contributed by atoms with Crippen molar-refractivity contribution in [2.24, 2.45) is 5.92 Å². The van der Waals surface area contributed by atoms with Crippen LogP contribution in [-0.4, -0.2) is 45.2 Å². The normalized spacial score (nSPS) is 14.2. The first-order valence-electron chi connectivity index (χ1n) is 11.1. The van der Waals surface area contributed by atoms with Crippen LogP contribution >= 0.6 is 0 Å². The minimum atomic E-state index is -0.668. The van der Waals surface area contributed by atoms with Crippen LogP contribution in [0.3, 0.4) is 0 Å². The highest BCUT2D eigenvalue weighted by atomic mass is 16.5. The Balaban J connectivity index is 1.69. The standard InChI is InChI=1S/C25H33N3O4/c1-17(2)23(27-24(29)19-13-20(31-3)15-21(14-19)32-4)25(30)26-16-18-9-5-6-10-22(18)28-11-7-8-12-28/h5-6,9-10,13-15,17,23H,7-8,11-12,16H2,1-4H3,(H,26,30)(H,27,29). The molecule has 0 saturated carbocycles. The van der Waals surface area contributed by atoms with Gasteiger partial charge < -0.3 is 25.0 Å². The largest absolute Gasteiger partial charge is 0.497 e. The number of methoxy groups -OCH3 is 2. The summed E-state index contributed by atoms with van der Waals surface area (Å²) in [7, 11) is 3.06. The van der Waals surface area contributed by atoms with Crippen molar-refractivity contribution in [2.45, 2.75) is 39.3 Å². The van der Waals surface area contributed by atoms with Crippen molar-refractivity contribution in [3.05, 3.63) is 53.6 Å². The summed E-state index contributed by atoms with van der Waals surface area (Å²) in [6.07, 6.45) is 2.38. The Morgan fingerprint density at radius 1 is 1.00 bits per heavy atom. The number of amides is 2. The molecule has 1 saturated heterocycles. The Hall–Kier alpha value is -3.22. The maximum Gasteiger partial charge on any atom is 0.252 e. The van der Waals surface area contributed by atoms with E-state index in [4.69, 9.17) is 9.47 Å². The van der Waals surface area contributed by atoms with Gasteiger partial charge in [-0.25, -0.2) is 0 Å². The van der Waals surface area contributed by atoms with Crippen LogP contribution in [0.2, 0.25) is 0 Å². The van der Waals surface area contributed by atoms with E-state index in [0.717, 1.165) is 18.7 Å². The molecule has 2 N–H and O–H groups in total. The van der Waals surface area contributed by atoms with Gasteiger partial charge >= 0.3 is 0 Å². The second-order valence-corrected chi connectivity index (χ2v) is 8.34. The number of carbonyl (C=O) groups excluding carboxylic acids is 2. The van der Waals surface area contributed by atoms with Gasteiger partial charge in [-0.3, -0.25) is 9.59 Å². The Bertz CT molecular complexity index is 916. The van der Waals surface area contributed by atoms with Crippen LogP contribution in [0.4, 0.5) is 5.69 Å². The summed E-state index contributed by atoms with van der Waals surface area (Å²) in [5.41, 5.74) is 2.62. The molecular weight excluding hydrogens is 406 g/mol. The fourth-order valence-electron chi connectivity index (χ4n) is 3.92. The van der Waals surface area contributed by atoms with E-state index in [2.05, 4.69) is 21.6 Å². The van der Waals surface area contributed by atoms with Crippen molar-refractivity contribution in [3.8, 4) is 11.5 Å². The second-order valence-electron chi connectivity index (χ2n) is 8.34. The Morgan fingerprint density at radius 3 is 2.22 bits per heavy atom. The molecule has 1 fully saturated rings. The first-order valence-corrected chi connectivity index (χ1v) is 11.1. The number of rotatable bonds is 9. The summed E-state index contributed by atoms with van der Waals surface area (Å²) >= 11 is 0. The van der Waals surface area contributed by atoms with E-state index in [1.54, 1.807) is 18.2 Å². The van der Waals surface area contributed by atoms with Gasteiger partial charge in [-0.05, 0) is 42.5 Å². The van der Waals surface area contributed by atoms with Crippen molar-refractivity contribution in [3.63, 3.8) is 0 Å². The second kappa shape index (κ2) is 10.9. The molecule has 32 heavy (non-hydrogen) atoms. The number of carbonyl (C=O) groups is 2. The predicted octanol–water partition coefficient (Wildman–Crippen LogP) is 3.37. The lowest BCUT2D eigenvalue weighted by Gasteiger charge is -2.24. The average molecular weight is 440 g/mol. The summed E-state index contributed by atoms with van der Waals surface area (Å²) in [4.78, 5) is 28.3. The van der Waals surface area contributed by atoms with Crippen LogP contribution < -0.4 is 25.0 Å². The summed E-state index contributed by atoms with van der Waals surface area (Å²) in [6, 6.07) is 12.4. The third-order valence-electron chi connectivity index (χ3n) is 5.74. The fourth-order valence-corrected chi connectivity index (χ4v) is 3.92. The summed E-state index contributed by atoms with van der Waals surface area (Å²) in [5.74, 6) is 0.380. The van der Waals surface area contributed by atoms with Gasteiger partial charge in [0.2, 0.25) is 5.91 Å². The third kappa shape index (κ3) is 5.72. The number of hydrogen-bond acceptors (Lipinski definition) is 5. The minimum Gasteiger partial charge on any atom is -0.497 e. The van der Waals surface area contributed by atoms with Crippen molar-refractivity contribution in [1.29, 1.82) is 0 Å². The molecule has 2 amide bonds. The first kappa shape index (κ1) is 23.4. The first-order chi connectivity index (χ1) is 15.4. The highest BCUT2D eigenvalue weighted by Gasteiger charge is 2.25. The Labute approximate surface area is 190 Å². The monoisotopic (exact) mass is 439 g/mol. The lowest BCUT2D eigenvalue weighted by Crippen LogP contribution is -2.49. The van der Waals surface area contributed by atoms with Crippen LogP contribution in [0.1, 0.15) is 42.6 Å². The molecule has 1 unspecified atom stereocenters. The topological polar surface area (TPSA) is 79.9 Å². The quantitative estimate of drug-likeness (QED) is 0.626. The van der Waals surface area contributed by atoms with E-state index in [1.165, 1.54) is 32.7 Å². The van der Waals surface area contributed by atoms with Gasteiger partial charge in [0.05, 0.1) is 14.2 Å². The molecule has 1 aliphatic rings. The number of hydrogen-bond donors (Lipinski definition) is 2. The maximum absolute atomic E-state index is 13.0. The van der Waals surface area contributed by atoms with E-state index in [0.29, 0.717) is 23.6 Å². The molecule has 0 aromatic heterocycles. The third-order valence-corrected chi connectivity index (χ3v) is 5.74. The minimum absolute atomic E-state index is 0.0831. The zero-order valence-corrected chi connectivity index (χ0v) is 19.3. The maximum atomic E-state index is 13.0. The van der Waals surface area contributed by atoms with E-state index >= 15 is 0 Å². The number of para-hydroxylation sites is 1. The van der Waals surface area contributed by atoms with E-state index < -0.39 is 6.04 Å². The molecule has 2 aromatic rings. The number of nitrogens with zero attached hydrogens (tertiary/aromatic N) is 1. The number of benzene rings is 2.